The molecule has 174 valence electrons. The van der Waals surface area contributed by atoms with Gasteiger partial charge < -0.3 is 19.6 Å². The van der Waals surface area contributed by atoms with Crippen molar-refractivity contribution in [3.8, 4) is 0 Å². The van der Waals surface area contributed by atoms with E-state index in [-0.39, 0.29) is 24.2 Å². The smallest absolute Gasteiger partial charge is 0.228 e. The van der Waals surface area contributed by atoms with Gasteiger partial charge in [0.2, 0.25) is 17.8 Å². The molecule has 0 bridgehead atoms. The number of amides is 2. The lowest BCUT2D eigenvalue weighted by atomic mass is 10.1. The highest BCUT2D eigenvalue weighted by atomic mass is 35.5. The Bertz CT molecular complexity index is 1030. The summed E-state index contributed by atoms with van der Waals surface area (Å²) in [5, 5.41) is 0.626. The Labute approximate surface area is 199 Å². The molecule has 3 aliphatic rings. The van der Waals surface area contributed by atoms with Gasteiger partial charge in [-0.2, -0.15) is 4.98 Å². The van der Waals surface area contributed by atoms with E-state index in [1.165, 1.54) is 12.8 Å². The summed E-state index contributed by atoms with van der Waals surface area (Å²) in [6.45, 7) is 7.12. The second kappa shape index (κ2) is 9.17. The van der Waals surface area contributed by atoms with Crippen molar-refractivity contribution >= 4 is 40.9 Å². The number of nitrogens with zero attached hydrogens (tertiary/aromatic N) is 6. The molecule has 0 saturated carbocycles. The van der Waals surface area contributed by atoms with Crippen LogP contribution in [-0.2, 0) is 9.59 Å². The maximum absolute atomic E-state index is 13.2. The fourth-order valence-corrected chi connectivity index (χ4v) is 5.04. The van der Waals surface area contributed by atoms with Gasteiger partial charge in [0.15, 0.2) is 0 Å². The number of aromatic nitrogens is 2. The molecule has 3 aliphatic heterocycles. The van der Waals surface area contributed by atoms with Crippen LogP contribution in [0.5, 0.6) is 0 Å². The number of halogens is 1. The molecule has 33 heavy (non-hydrogen) atoms. The van der Waals surface area contributed by atoms with Gasteiger partial charge in [-0.1, -0.05) is 11.6 Å². The normalized spacial score (nSPS) is 21.3. The molecule has 0 spiro atoms. The first-order chi connectivity index (χ1) is 16.0. The number of rotatable bonds is 4. The van der Waals surface area contributed by atoms with Gasteiger partial charge in [0, 0.05) is 74.7 Å². The molecule has 8 nitrogen and oxygen atoms in total. The van der Waals surface area contributed by atoms with Crippen LogP contribution in [0.3, 0.4) is 0 Å². The van der Waals surface area contributed by atoms with Crippen LogP contribution in [0.1, 0.15) is 25.0 Å². The molecule has 1 unspecified atom stereocenters. The van der Waals surface area contributed by atoms with Gasteiger partial charge in [0.25, 0.3) is 0 Å². The lowest BCUT2D eigenvalue weighted by molar-refractivity contribution is -0.136. The summed E-state index contributed by atoms with van der Waals surface area (Å²) in [5.74, 6) is 1.48. The zero-order valence-electron chi connectivity index (χ0n) is 18.9. The molecule has 3 saturated heterocycles. The third kappa shape index (κ3) is 4.62. The quantitative estimate of drug-likeness (QED) is 0.687. The van der Waals surface area contributed by atoms with Crippen molar-refractivity contribution in [2.45, 2.75) is 26.2 Å². The number of carbonyl (C=O) groups is 2. The second-order valence-corrected chi connectivity index (χ2v) is 9.49. The maximum Gasteiger partial charge on any atom is 0.228 e. The van der Waals surface area contributed by atoms with Gasteiger partial charge in [0.05, 0.1) is 5.92 Å². The predicted molar refractivity (Wildman–Crippen MR) is 129 cm³/mol. The van der Waals surface area contributed by atoms with Gasteiger partial charge in [0.1, 0.15) is 5.82 Å². The highest BCUT2D eigenvalue weighted by Gasteiger charge is 2.38. The SMILES string of the molecule is Cc1cc(N2CCCC2)nc(N2CCN(C(=O)C3CC(=O)N(c4ccc(Cl)cc4)C3)CC2)n1. The van der Waals surface area contributed by atoms with Gasteiger partial charge in [-0.3, -0.25) is 9.59 Å². The molecule has 2 aromatic rings. The Morgan fingerprint density at radius 1 is 0.970 bits per heavy atom. The van der Waals surface area contributed by atoms with E-state index in [0.29, 0.717) is 37.7 Å². The van der Waals surface area contributed by atoms with Crippen molar-refractivity contribution in [2.75, 3.05) is 60.5 Å². The van der Waals surface area contributed by atoms with Crippen LogP contribution >= 0.6 is 11.6 Å². The van der Waals surface area contributed by atoms with Gasteiger partial charge >= 0.3 is 0 Å². The van der Waals surface area contributed by atoms with Crippen molar-refractivity contribution in [3.63, 3.8) is 0 Å². The molecule has 0 N–H and O–H groups in total. The number of carbonyl (C=O) groups excluding carboxylic acids is 2. The number of anilines is 3. The number of piperazine rings is 1. The number of hydrogen-bond acceptors (Lipinski definition) is 6. The van der Waals surface area contributed by atoms with Crippen LogP contribution in [0.4, 0.5) is 17.5 Å². The Morgan fingerprint density at radius 2 is 1.67 bits per heavy atom. The first kappa shape index (κ1) is 21.9. The third-order valence-corrected chi connectivity index (χ3v) is 7.00. The fraction of sp³-hybridized carbons (Fsp3) is 0.500. The summed E-state index contributed by atoms with van der Waals surface area (Å²) >= 11 is 5.96. The average Bonchev–Trinajstić information content (AvgIpc) is 3.49. The summed E-state index contributed by atoms with van der Waals surface area (Å²) < 4.78 is 0. The largest absolute Gasteiger partial charge is 0.356 e. The summed E-state index contributed by atoms with van der Waals surface area (Å²) in [6.07, 6.45) is 2.67. The van der Waals surface area contributed by atoms with Crippen LogP contribution in [-0.4, -0.2) is 72.5 Å². The van der Waals surface area contributed by atoms with Gasteiger partial charge in [-0.25, -0.2) is 4.98 Å². The highest BCUT2D eigenvalue weighted by molar-refractivity contribution is 6.30. The van der Waals surface area contributed by atoms with Crippen LogP contribution < -0.4 is 14.7 Å². The van der Waals surface area contributed by atoms with E-state index in [4.69, 9.17) is 16.6 Å². The van der Waals surface area contributed by atoms with E-state index in [0.717, 1.165) is 36.2 Å². The lowest BCUT2D eigenvalue weighted by Gasteiger charge is -2.36. The van der Waals surface area contributed by atoms with Crippen LogP contribution in [0.25, 0.3) is 0 Å². The Balaban J connectivity index is 1.20. The van der Waals surface area contributed by atoms with E-state index in [2.05, 4.69) is 20.9 Å². The summed E-state index contributed by atoms with van der Waals surface area (Å²) in [7, 11) is 0. The number of benzene rings is 1. The van der Waals surface area contributed by atoms with E-state index in [1.54, 1.807) is 17.0 Å². The van der Waals surface area contributed by atoms with Crippen LogP contribution in [0.15, 0.2) is 30.3 Å². The average molecular weight is 469 g/mol. The van der Waals surface area contributed by atoms with Crippen LogP contribution in [0, 0.1) is 12.8 Å². The van der Waals surface area contributed by atoms with E-state index >= 15 is 0 Å². The molecule has 1 aromatic heterocycles. The fourth-order valence-electron chi connectivity index (χ4n) is 4.91. The molecule has 9 heteroatoms. The molecular weight excluding hydrogens is 440 g/mol. The minimum absolute atomic E-state index is 0.0167. The van der Waals surface area contributed by atoms with Crippen molar-refractivity contribution in [2.24, 2.45) is 5.92 Å². The summed E-state index contributed by atoms with van der Waals surface area (Å²) in [4.78, 5) is 43.3. The lowest BCUT2D eigenvalue weighted by Crippen LogP contribution is -2.51. The molecule has 4 heterocycles. The predicted octanol–water partition coefficient (Wildman–Crippen LogP) is 2.74. The minimum atomic E-state index is -0.309. The Morgan fingerprint density at radius 3 is 2.36 bits per heavy atom. The van der Waals surface area contributed by atoms with Crippen molar-refractivity contribution in [1.82, 2.24) is 14.9 Å². The molecule has 0 aliphatic carbocycles. The number of hydrogen-bond donors (Lipinski definition) is 0. The second-order valence-electron chi connectivity index (χ2n) is 9.06. The van der Waals surface area contributed by atoms with Gasteiger partial charge in [-0.05, 0) is 44.0 Å². The van der Waals surface area contributed by atoms with E-state index < -0.39 is 0 Å². The van der Waals surface area contributed by atoms with Crippen molar-refractivity contribution in [1.29, 1.82) is 0 Å². The van der Waals surface area contributed by atoms with E-state index in [9.17, 15) is 9.59 Å². The first-order valence-electron chi connectivity index (χ1n) is 11.7. The topological polar surface area (TPSA) is 72.9 Å². The molecule has 3 fully saturated rings. The Kier molecular flexibility index (Phi) is 6.10. The standard InChI is InChI=1S/C24H29ClN6O2/c1-17-14-21(28-8-2-3-9-28)27-24(26-17)30-12-10-29(11-13-30)23(33)18-15-22(32)31(16-18)20-6-4-19(25)5-7-20/h4-7,14,18H,2-3,8-13,15-16H2,1H3. The summed E-state index contributed by atoms with van der Waals surface area (Å²) in [6, 6.07) is 9.23. The minimum Gasteiger partial charge on any atom is -0.356 e. The molecule has 2 amide bonds. The van der Waals surface area contributed by atoms with E-state index in [1.807, 2.05) is 24.0 Å². The first-order valence-corrected chi connectivity index (χ1v) is 12.1. The monoisotopic (exact) mass is 468 g/mol. The molecule has 5 rings (SSSR count). The van der Waals surface area contributed by atoms with Crippen molar-refractivity contribution < 1.29 is 9.59 Å². The third-order valence-electron chi connectivity index (χ3n) is 6.75. The zero-order chi connectivity index (χ0) is 22.9. The summed E-state index contributed by atoms with van der Waals surface area (Å²) in [5.41, 5.74) is 1.75. The van der Waals surface area contributed by atoms with Crippen molar-refractivity contribution in [3.05, 3.63) is 41.0 Å². The molecule has 1 atom stereocenters. The molecule has 0 radical (unpaired) electrons. The van der Waals surface area contributed by atoms with Crippen LogP contribution in [0.2, 0.25) is 5.02 Å². The maximum atomic E-state index is 13.2. The highest BCUT2D eigenvalue weighted by Crippen LogP contribution is 2.28. The Hall–Kier alpha value is -2.87. The van der Waals surface area contributed by atoms with Gasteiger partial charge in [-0.15, -0.1) is 0 Å². The zero-order valence-corrected chi connectivity index (χ0v) is 19.7. The molecule has 1 aromatic carbocycles. The molecular formula is C24H29ClN6O2. The number of aryl methyl sites for hydroxylation is 1.